The molecule has 2 atom stereocenters. The summed E-state index contributed by atoms with van der Waals surface area (Å²) in [6.45, 7) is 2.17. The smallest absolute Gasteiger partial charge is 0.108 e. The lowest BCUT2D eigenvalue weighted by molar-refractivity contribution is 0.0196. The second kappa shape index (κ2) is 5.05. The standard InChI is InChI=1S/C10H16N2O2/c1-7-8(4-3-5-12-7)10(14)9(13)6-11-2/h3-5,9-11,13-14H,6H2,1-2H3. The molecule has 0 saturated heterocycles. The van der Waals surface area contributed by atoms with Gasteiger partial charge in [-0.2, -0.15) is 0 Å². The van der Waals surface area contributed by atoms with Gasteiger partial charge in [0.2, 0.25) is 0 Å². The number of likely N-dealkylation sites (N-methyl/N-ethyl adjacent to an activating group) is 1. The minimum absolute atomic E-state index is 0.357. The van der Waals surface area contributed by atoms with Crippen LogP contribution >= 0.6 is 0 Å². The van der Waals surface area contributed by atoms with Crippen LogP contribution in [-0.2, 0) is 0 Å². The predicted octanol–water partition coefficient (Wildman–Crippen LogP) is 0.00372. The van der Waals surface area contributed by atoms with E-state index in [-0.39, 0.29) is 0 Å². The zero-order valence-electron chi connectivity index (χ0n) is 8.44. The van der Waals surface area contributed by atoms with Gasteiger partial charge in [-0.15, -0.1) is 0 Å². The molecule has 0 amide bonds. The number of nitrogens with one attached hydrogen (secondary N) is 1. The van der Waals surface area contributed by atoms with Crippen LogP contribution in [0.15, 0.2) is 18.3 Å². The van der Waals surface area contributed by atoms with E-state index in [0.717, 1.165) is 5.69 Å². The summed E-state index contributed by atoms with van der Waals surface area (Å²) in [4.78, 5) is 4.05. The molecule has 0 aromatic carbocycles. The number of aryl methyl sites for hydroxylation is 1. The van der Waals surface area contributed by atoms with Crippen LogP contribution in [0.2, 0.25) is 0 Å². The normalized spacial score (nSPS) is 15.1. The molecular formula is C10H16N2O2. The van der Waals surface area contributed by atoms with Gasteiger partial charge >= 0.3 is 0 Å². The van der Waals surface area contributed by atoms with Gasteiger partial charge in [0.05, 0.1) is 6.10 Å². The third-order valence-corrected chi connectivity index (χ3v) is 2.14. The maximum Gasteiger partial charge on any atom is 0.108 e. The Labute approximate surface area is 83.6 Å². The lowest BCUT2D eigenvalue weighted by Crippen LogP contribution is -2.30. The van der Waals surface area contributed by atoms with Crippen LogP contribution in [0.4, 0.5) is 0 Å². The van der Waals surface area contributed by atoms with E-state index in [1.54, 1.807) is 25.4 Å². The summed E-state index contributed by atoms with van der Waals surface area (Å²) < 4.78 is 0. The highest BCUT2D eigenvalue weighted by molar-refractivity contribution is 5.21. The Morgan fingerprint density at radius 1 is 1.50 bits per heavy atom. The minimum Gasteiger partial charge on any atom is -0.389 e. The zero-order chi connectivity index (χ0) is 10.6. The van der Waals surface area contributed by atoms with Crippen molar-refractivity contribution in [3.05, 3.63) is 29.6 Å². The first-order chi connectivity index (χ1) is 6.66. The number of pyridine rings is 1. The summed E-state index contributed by atoms with van der Waals surface area (Å²) in [5.41, 5.74) is 1.42. The quantitative estimate of drug-likeness (QED) is 0.634. The Balaban J connectivity index is 2.78. The van der Waals surface area contributed by atoms with Gasteiger partial charge in [-0.1, -0.05) is 6.07 Å². The van der Waals surface area contributed by atoms with Crippen LogP contribution in [0, 0.1) is 6.92 Å². The molecule has 0 spiro atoms. The molecule has 0 saturated carbocycles. The highest BCUT2D eigenvalue weighted by Gasteiger charge is 2.19. The molecule has 0 radical (unpaired) electrons. The molecule has 1 rings (SSSR count). The summed E-state index contributed by atoms with van der Waals surface area (Å²) in [6.07, 6.45) is -0.0187. The molecule has 0 aliphatic heterocycles. The van der Waals surface area contributed by atoms with Crippen molar-refractivity contribution in [1.82, 2.24) is 10.3 Å². The van der Waals surface area contributed by atoms with Crippen molar-refractivity contribution in [2.75, 3.05) is 13.6 Å². The van der Waals surface area contributed by atoms with E-state index in [0.29, 0.717) is 12.1 Å². The largest absolute Gasteiger partial charge is 0.389 e. The van der Waals surface area contributed by atoms with Gasteiger partial charge < -0.3 is 15.5 Å². The Morgan fingerprint density at radius 2 is 2.21 bits per heavy atom. The van der Waals surface area contributed by atoms with Gasteiger partial charge in [0.25, 0.3) is 0 Å². The van der Waals surface area contributed by atoms with Gasteiger partial charge in [-0.25, -0.2) is 0 Å². The zero-order valence-corrected chi connectivity index (χ0v) is 8.44. The molecule has 1 heterocycles. The Bertz CT molecular complexity index is 291. The first-order valence-corrected chi connectivity index (χ1v) is 4.59. The molecule has 0 aliphatic rings. The summed E-state index contributed by atoms with van der Waals surface area (Å²) >= 11 is 0. The SMILES string of the molecule is CNCC(O)C(O)c1cccnc1C. The molecule has 1 aromatic heterocycles. The predicted molar refractivity (Wildman–Crippen MR) is 53.9 cm³/mol. The number of hydrogen-bond acceptors (Lipinski definition) is 4. The molecule has 0 aliphatic carbocycles. The van der Waals surface area contributed by atoms with Gasteiger partial charge in [0.15, 0.2) is 0 Å². The molecule has 1 aromatic rings. The minimum atomic E-state index is -0.879. The molecule has 3 N–H and O–H groups in total. The van der Waals surface area contributed by atoms with Gasteiger partial charge in [-0.05, 0) is 20.0 Å². The van der Waals surface area contributed by atoms with Crippen LogP contribution in [0.25, 0.3) is 0 Å². The molecule has 78 valence electrons. The van der Waals surface area contributed by atoms with E-state index in [1.165, 1.54) is 0 Å². The number of hydrogen-bond donors (Lipinski definition) is 3. The van der Waals surface area contributed by atoms with Crippen molar-refractivity contribution in [2.45, 2.75) is 19.1 Å². The first-order valence-electron chi connectivity index (χ1n) is 4.59. The van der Waals surface area contributed by atoms with E-state index >= 15 is 0 Å². The van der Waals surface area contributed by atoms with Crippen LogP contribution in [0.5, 0.6) is 0 Å². The molecule has 4 nitrogen and oxygen atoms in total. The summed E-state index contributed by atoms with van der Waals surface area (Å²) in [6, 6.07) is 3.52. The van der Waals surface area contributed by atoms with Gasteiger partial charge in [0.1, 0.15) is 6.10 Å². The molecule has 14 heavy (non-hydrogen) atoms. The first kappa shape index (κ1) is 11.1. The lowest BCUT2D eigenvalue weighted by atomic mass is 10.0. The van der Waals surface area contributed by atoms with Crippen molar-refractivity contribution in [1.29, 1.82) is 0 Å². The number of aromatic nitrogens is 1. The third-order valence-electron chi connectivity index (χ3n) is 2.14. The summed E-state index contributed by atoms with van der Waals surface area (Å²) in [5.74, 6) is 0. The average Bonchev–Trinajstić information content (AvgIpc) is 2.18. The Morgan fingerprint density at radius 3 is 2.79 bits per heavy atom. The molecule has 4 heteroatoms. The molecule has 0 fully saturated rings. The van der Waals surface area contributed by atoms with E-state index in [4.69, 9.17) is 0 Å². The number of aliphatic hydroxyl groups is 2. The summed E-state index contributed by atoms with van der Waals surface area (Å²) in [5, 5.41) is 22.1. The van der Waals surface area contributed by atoms with Crippen molar-refractivity contribution < 1.29 is 10.2 Å². The van der Waals surface area contributed by atoms with Crippen LogP contribution in [0.1, 0.15) is 17.4 Å². The Hall–Kier alpha value is -0.970. The van der Waals surface area contributed by atoms with Crippen molar-refractivity contribution >= 4 is 0 Å². The molecular weight excluding hydrogens is 180 g/mol. The van der Waals surface area contributed by atoms with Gasteiger partial charge in [0, 0.05) is 24.0 Å². The number of nitrogens with zero attached hydrogens (tertiary/aromatic N) is 1. The van der Waals surface area contributed by atoms with E-state index in [1.807, 2.05) is 6.92 Å². The second-order valence-electron chi connectivity index (χ2n) is 3.25. The van der Waals surface area contributed by atoms with Crippen molar-refractivity contribution in [2.24, 2.45) is 0 Å². The Kier molecular flexibility index (Phi) is 4.00. The molecule has 0 bridgehead atoms. The van der Waals surface area contributed by atoms with Crippen LogP contribution in [-0.4, -0.2) is 34.9 Å². The van der Waals surface area contributed by atoms with Crippen molar-refractivity contribution in [3.63, 3.8) is 0 Å². The average molecular weight is 196 g/mol. The van der Waals surface area contributed by atoms with Crippen molar-refractivity contribution in [3.8, 4) is 0 Å². The van der Waals surface area contributed by atoms with E-state index in [2.05, 4.69) is 10.3 Å². The van der Waals surface area contributed by atoms with E-state index < -0.39 is 12.2 Å². The van der Waals surface area contributed by atoms with E-state index in [9.17, 15) is 10.2 Å². The summed E-state index contributed by atoms with van der Waals surface area (Å²) in [7, 11) is 1.73. The fourth-order valence-corrected chi connectivity index (χ4v) is 1.34. The number of rotatable bonds is 4. The maximum atomic E-state index is 9.77. The topological polar surface area (TPSA) is 65.4 Å². The maximum absolute atomic E-state index is 9.77. The van der Waals surface area contributed by atoms with Crippen LogP contribution in [0.3, 0.4) is 0 Å². The van der Waals surface area contributed by atoms with Gasteiger partial charge in [-0.3, -0.25) is 4.98 Å². The monoisotopic (exact) mass is 196 g/mol. The highest BCUT2D eigenvalue weighted by Crippen LogP contribution is 2.18. The lowest BCUT2D eigenvalue weighted by Gasteiger charge is -2.18. The van der Waals surface area contributed by atoms with Crippen LogP contribution < -0.4 is 5.32 Å². The molecule has 2 unspecified atom stereocenters. The second-order valence-corrected chi connectivity index (χ2v) is 3.25. The number of aliphatic hydroxyl groups excluding tert-OH is 2. The highest BCUT2D eigenvalue weighted by atomic mass is 16.3. The fourth-order valence-electron chi connectivity index (χ4n) is 1.34. The fraction of sp³-hybridized carbons (Fsp3) is 0.500. The third kappa shape index (κ3) is 2.51.